The van der Waals surface area contributed by atoms with Gasteiger partial charge in [0.25, 0.3) is 0 Å². The number of methoxy groups -OCH3 is 1. The summed E-state index contributed by atoms with van der Waals surface area (Å²) in [6.45, 7) is 4.67. The lowest BCUT2D eigenvalue weighted by Crippen LogP contribution is -2.52. The summed E-state index contributed by atoms with van der Waals surface area (Å²) in [6.07, 6.45) is -0.772. The molecule has 1 amide bonds. The van der Waals surface area contributed by atoms with Crippen molar-refractivity contribution in [1.82, 2.24) is 9.62 Å². The smallest absolute Gasteiger partial charge is 0.407 e. The third kappa shape index (κ3) is 7.94. The Morgan fingerprint density at radius 2 is 1.82 bits per heavy atom. The number of carbonyl (C=O) groups excluding carboxylic acids is 1. The molecule has 0 radical (unpaired) electrons. The predicted octanol–water partition coefficient (Wildman–Crippen LogP) is 3.19. The van der Waals surface area contributed by atoms with Crippen molar-refractivity contribution in [2.24, 2.45) is 11.8 Å². The van der Waals surface area contributed by atoms with Gasteiger partial charge in [-0.3, -0.25) is 0 Å². The fraction of sp³-hybridized carbons (Fsp3) is 0.552. The molecule has 0 aromatic heterocycles. The van der Waals surface area contributed by atoms with E-state index in [1.54, 1.807) is 12.1 Å². The number of benzene rings is 2. The first-order valence-electron chi connectivity index (χ1n) is 13.7. The van der Waals surface area contributed by atoms with Crippen LogP contribution in [0, 0.1) is 11.8 Å². The molecule has 5 atom stereocenters. The number of hydrogen-bond acceptors (Lipinski definition) is 8. The van der Waals surface area contributed by atoms with E-state index in [4.69, 9.17) is 18.9 Å². The van der Waals surface area contributed by atoms with Crippen molar-refractivity contribution in [3.05, 3.63) is 60.2 Å². The number of aliphatic hydroxyl groups is 1. The molecule has 11 heteroatoms. The number of carbonyl (C=O) groups is 1. The van der Waals surface area contributed by atoms with E-state index in [1.165, 1.54) is 23.5 Å². The summed E-state index contributed by atoms with van der Waals surface area (Å²) >= 11 is 0. The second-order valence-corrected chi connectivity index (χ2v) is 12.7. The zero-order valence-corrected chi connectivity index (χ0v) is 24.1. The number of hydrogen-bond donors (Lipinski definition) is 2. The van der Waals surface area contributed by atoms with Gasteiger partial charge in [-0.05, 0) is 55.0 Å². The molecular weight excluding hydrogens is 536 g/mol. The number of aliphatic hydroxyl groups excluding tert-OH is 1. The van der Waals surface area contributed by atoms with E-state index in [1.807, 2.05) is 44.2 Å². The normalized spacial score (nSPS) is 22.5. The Bertz CT molecular complexity index is 1190. The molecule has 2 N–H and O–H groups in total. The second-order valence-electron chi connectivity index (χ2n) is 10.8. The van der Waals surface area contributed by atoms with Crippen LogP contribution in [0.1, 0.15) is 32.3 Å². The lowest BCUT2D eigenvalue weighted by Gasteiger charge is -2.32. The molecule has 40 heavy (non-hydrogen) atoms. The molecule has 0 unspecified atom stereocenters. The summed E-state index contributed by atoms with van der Waals surface area (Å²) in [5.41, 5.74) is 0.882. The number of nitrogens with zero attached hydrogens (tertiary/aromatic N) is 1. The molecule has 0 spiro atoms. The number of sulfonamides is 1. The number of alkyl carbamates (subject to hydrolysis) is 1. The molecule has 2 fully saturated rings. The Morgan fingerprint density at radius 1 is 1.10 bits per heavy atom. The molecule has 2 aromatic rings. The standard InChI is InChI=1S/C29H40N2O8S/c1-20(2)17-31(40(34,35)25-11-9-23(36-3)10-12-25)18-27(32)26(15-21-7-5-4-6-8-21)30-29(33)39-24-16-22-13-14-37-28(22)38-19-24/h4-12,20,22,24,26-28,32H,13-19H2,1-3H3,(H,30,33)/t22-,24+,26-,27+,28+/m0/s1. The SMILES string of the molecule is COc1ccc(S(=O)(=O)N(CC(C)C)C[C@@H](O)[C@H](Cc2ccccc2)NC(=O)O[C@H]2CO[C@H]3OCC[C@H]3C2)cc1. The molecule has 2 saturated heterocycles. The minimum Gasteiger partial charge on any atom is -0.497 e. The van der Waals surface area contributed by atoms with Crippen molar-refractivity contribution >= 4 is 16.1 Å². The van der Waals surface area contributed by atoms with Crippen LogP contribution in [0.2, 0.25) is 0 Å². The van der Waals surface area contributed by atoms with E-state index in [0.717, 1.165) is 12.0 Å². The molecule has 2 aromatic carbocycles. The third-order valence-electron chi connectivity index (χ3n) is 7.16. The van der Waals surface area contributed by atoms with Crippen molar-refractivity contribution in [1.29, 1.82) is 0 Å². The van der Waals surface area contributed by atoms with E-state index in [0.29, 0.717) is 18.8 Å². The van der Waals surface area contributed by atoms with Crippen LogP contribution in [0.25, 0.3) is 0 Å². The summed E-state index contributed by atoms with van der Waals surface area (Å²) in [5.74, 6) is 0.727. The van der Waals surface area contributed by atoms with Gasteiger partial charge >= 0.3 is 6.09 Å². The Balaban J connectivity index is 1.48. The van der Waals surface area contributed by atoms with Crippen LogP contribution < -0.4 is 10.1 Å². The quantitative estimate of drug-likeness (QED) is 0.395. The highest BCUT2D eigenvalue weighted by molar-refractivity contribution is 7.89. The maximum Gasteiger partial charge on any atom is 0.407 e. The topological polar surface area (TPSA) is 124 Å². The van der Waals surface area contributed by atoms with Crippen molar-refractivity contribution in [3.8, 4) is 5.75 Å². The summed E-state index contributed by atoms with van der Waals surface area (Å²) in [5, 5.41) is 14.2. The molecule has 4 rings (SSSR count). The molecule has 0 bridgehead atoms. The summed E-state index contributed by atoms with van der Waals surface area (Å²) < 4.78 is 50.5. The predicted molar refractivity (Wildman–Crippen MR) is 148 cm³/mol. The van der Waals surface area contributed by atoms with Gasteiger partial charge in [0.2, 0.25) is 10.0 Å². The van der Waals surface area contributed by atoms with E-state index < -0.39 is 34.4 Å². The number of rotatable bonds is 12. The van der Waals surface area contributed by atoms with Crippen LogP contribution >= 0.6 is 0 Å². The van der Waals surface area contributed by atoms with Crippen molar-refractivity contribution in [2.75, 3.05) is 33.4 Å². The Labute approximate surface area is 236 Å². The van der Waals surface area contributed by atoms with Crippen LogP contribution in [0.3, 0.4) is 0 Å². The Hall–Kier alpha value is -2.70. The van der Waals surface area contributed by atoms with Gasteiger partial charge in [0, 0.05) is 19.0 Å². The van der Waals surface area contributed by atoms with Crippen LogP contribution in [0.4, 0.5) is 4.79 Å². The number of nitrogens with one attached hydrogen (secondary N) is 1. The van der Waals surface area contributed by atoms with Gasteiger partial charge in [-0.2, -0.15) is 4.31 Å². The number of fused-ring (bicyclic) bond motifs is 1. The highest BCUT2D eigenvalue weighted by atomic mass is 32.2. The molecule has 2 aliphatic rings. The average Bonchev–Trinajstić information content (AvgIpc) is 3.40. The third-order valence-corrected chi connectivity index (χ3v) is 9.01. The molecule has 0 aliphatic carbocycles. The average molecular weight is 577 g/mol. The van der Waals surface area contributed by atoms with Crippen molar-refractivity contribution in [3.63, 3.8) is 0 Å². The first-order valence-corrected chi connectivity index (χ1v) is 15.2. The van der Waals surface area contributed by atoms with E-state index in [9.17, 15) is 18.3 Å². The second kappa shape index (κ2) is 13.8. The van der Waals surface area contributed by atoms with Gasteiger partial charge in [-0.15, -0.1) is 0 Å². The molecule has 2 aliphatic heterocycles. The van der Waals surface area contributed by atoms with Gasteiger partial charge in [0.1, 0.15) is 11.9 Å². The molecule has 220 valence electrons. The van der Waals surface area contributed by atoms with Gasteiger partial charge in [0.05, 0.1) is 37.4 Å². The summed E-state index contributed by atoms with van der Waals surface area (Å²) in [4.78, 5) is 13.1. The maximum atomic E-state index is 13.6. The first-order chi connectivity index (χ1) is 19.2. The van der Waals surface area contributed by atoms with Crippen LogP contribution in [0.5, 0.6) is 5.75 Å². The minimum atomic E-state index is -3.94. The van der Waals surface area contributed by atoms with Crippen molar-refractivity contribution < 1.29 is 37.3 Å². The lowest BCUT2D eigenvalue weighted by atomic mass is 9.97. The Kier molecular flexibility index (Phi) is 10.4. The summed E-state index contributed by atoms with van der Waals surface area (Å²) in [6, 6.07) is 14.7. The van der Waals surface area contributed by atoms with E-state index >= 15 is 0 Å². The van der Waals surface area contributed by atoms with Crippen molar-refractivity contribution in [2.45, 2.75) is 62.5 Å². The molecule has 10 nitrogen and oxygen atoms in total. The van der Waals surface area contributed by atoms with Crippen LogP contribution in [0.15, 0.2) is 59.5 Å². The number of ether oxygens (including phenoxy) is 4. The zero-order valence-electron chi connectivity index (χ0n) is 23.3. The Morgan fingerprint density at radius 3 is 2.50 bits per heavy atom. The summed E-state index contributed by atoms with van der Waals surface area (Å²) in [7, 11) is -2.43. The molecule has 2 heterocycles. The fourth-order valence-electron chi connectivity index (χ4n) is 5.11. The van der Waals surface area contributed by atoms with Crippen LogP contribution in [-0.2, 0) is 30.7 Å². The fourth-order valence-corrected chi connectivity index (χ4v) is 6.73. The van der Waals surface area contributed by atoms with Gasteiger partial charge in [-0.25, -0.2) is 13.2 Å². The highest BCUT2D eigenvalue weighted by Gasteiger charge is 2.38. The van der Waals surface area contributed by atoms with E-state index in [-0.39, 0.29) is 49.1 Å². The minimum absolute atomic E-state index is 0.000385. The monoisotopic (exact) mass is 576 g/mol. The van der Waals surface area contributed by atoms with E-state index in [2.05, 4.69) is 5.32 Å². The highest BCUT2D eigenvalue weighted by Crippen LogP contribution is 2.31. The number of amides is 1. The maximum absolute atomic E-state index is 13.6. The largest absolute Gasteiger partial charge is 0.497 e. The first kappa shape index (κ1) is 30.3. The molecule has 0 saturated carbocycles. The molecular formula is C29H40N2O8S. The lowest BCUT2D eigenvalue weighted by molar-refractivity contribution is -0.179. The zero-order chi connectivity index (χ0) is 28.7. The van der Waals surface area contributed by atoms with Crippen LogP contribution in [-0.4, -0.2) is 81.9 Å². The van der Waals surface area contributed by atoms with Gasteiger partial charge < -0.3 is 29.4 Å². The van der Waals surface area contributed by atoms with Gasteiger partial charge in [-0.1, -0.05) is 44.2 Å². The van der Waals surface area contributed by atoms with Gasteiger partial charge in [0.15, 0.2) is 6.29 Å².